The molecule has 1 saturated heterocycles. The second-order valence-corrected chi connectivity index (χ2v) is 7.47. The van der Waals surface area contributed by atoms with Crippen LogP contribution in [-0.2, 0) is 9.59 Å². The summed E-state index contributed by atoms with van der Waals surface area (Å²) in [5, 5.41) is 11.1. The molecule has 4 rings (SSSR count). The van der Waals surface area contributed by atoms with E-state index in [2.05, 4.69) is 0 Å². The fraction of sp³-hybridized carbons (Fsp3) is 0.200. The highest BCUT2D eigenvalue weighted by Gasteiger charge is 2.48. The predicted molar refractivity (Wildman–Crippen MR) is 117 cm³/mol. The van der Waals surface area contributed by atoms with Gasteiger partial charge in [-0.25, -0.2) is 4.39 Å². The van der Waals surface area contributed by atoms with Gasteiger partial charge in [0.15, 0.2) is 0 Å². The van der Waals surface area contributed by atoms with Gasteiger partial charge in [0.1, 0.15) is 34.9 Å². The molecule has 1 aromatic heterocycles. The molecule has 32 heavy (non-hydrogen) atoms. The quantitative estimate of drug-likeness (QED) is 0.329. The molecule has 1 fully saturated rings. The Hall–Kier alpha value is -3.87. The average molecular weight is 435 g/mol. The van der Waals surface area contributed by atoms with Crippen LogP contribution in [0.5, 0.6) is 5.75 Å². The summed E-state index contributed by atoms with van der Waals surface area (Å²) in [6.45, 7) is 4.20. The highest BCUT2D eigenvalue weighted by atomic mass is 19.1. The monoisotopic (exact) mass is 435 g/mol. The Labute approximate surface area is 184 Å². The van der Waals surface area contributed by atoms with E-state index in [-0.39, 0.29) is 22.8 Å². The van der Waals surface area contributed by atoms with Crippen molar-refractivity contribution in [1.82, 2.24) is 0 Å². The summed E-state index contributed by atoms with van der Waals surface area (Å²) < 4.78 is 25.3. The van der Waals surface area contributed by atoms with E-state index in [9.17, 15) is 19.1 Å². The van der Waals surface area contributed by atoms with Crippen molar-refractivity contribution < 1.29 is 28.2 Å². The molecule has 3 aromatic rings. The number of rotatable bonds is 6. The number of aryl methyl sites for hydroxylation is 1. The van der Waals surface area contributed by atoms with Gasteiger partial charge >= 0.3 is 0 Å². The van der Waals surface area contributed by atoms with Crippen LogP contribution in [0.2, 0.25) is 0 Å². The lowest BCUT2D eigenvalue weighted by Gasteiger charge is -2.23. The molecular formula is C25H22FNO5. The number of aliphatic hydroxyl groups excluding tert-OH is 1. The molecule has 1 aliphatic heterocycles. The third-order valence-corrected chi connectivity index (χ3v) is 5.14. The number of amides is 1. The molecule has 1 unspecified atom stereocenters. The zero-order chi connectivity index (χ0) is 22.8. The van der Waals surface area contributed by atoms with E-state index in [1.54, 1.807) is 43.3 Å². The van der Waals surface area contributed by atoms with E-state index in [0.29, 0.717) is 23.7 Å². The molecule has 1 amide bonds. The number of benzene rings is 2. The molecule has 2 aromatic carbocycles. The van der Waals surface area contributed by atoms with Gasteiger partial charge in [-0.15, -0.1) is 0 Å². The first kappa shape index (κ1) is 21.4. The molecule has 0 spiro atoms. The standard InChI is InChI=1S/C25H22FNO5/c1-3-12-31-19-9-4-6-16(13-19)23(28)21-22(20-11-10-15(2)32-20)27(25(30)24(21)29)18-8-5-7-17(26)14-18/h4-11,13-14,22,28H,3,12H2,1-2H3/b23-21-. The summed E-state index contributed by atoms with van der Waals surface area (Å²) in [5.41, 5.74) is 0.371. The van der Waals surface area contributed by atoms with Crippen LogP contribution in [0, 0.1) is 12.7 Å². The Bertz CT molecular complexity index is 1210. The van der Waals surface area contributed by atoms with Crippen LogP contribution in [0.4, 0.5) is 10.1 Å². The van der Waals surface area contributed by atoms with Gasteiger partial charge < -0.3 is 14.3 Å². The van der Waals surface area contributed by atoms with Crippen LogP contribution < -0.4 is 9.64 Å². The maximum absolute atomic E-state index is 13.9. The third kappa shape index (κ3) is 3.89. The van der Waals surface area contributed by atoms with E-state index in [0.717, 1.165) is 17.4 Å². The number of nitrogens with zero attached hydrogens (tertiary/aromatic N) is 1. The molecule has 0 saturated carbocycles. The van der Waals surface area contributed by atoms with Crippen LogP contribution >= 0.6 is 0 Å². The van der Waals surface area contributed by atoms with Gasteiger partial charge in [-0.1, -0.05) is 25.1 Å². The zero-order valence-corrected chi connectivity index (χ0v) is 17.7. The van der Waals surface area contributed by atoms with Crippen LogP contribution in [0.25, 0.3) is 5.76 Å². The summed E-state index contributed by atoms with van der Waals surface area (Å²) in [6, 6.07) is 14.3. The second kappa shape index (κ2) is 8.70. The smallest absolute Gasteiger partial charge is 0.300 e. The predicted octanol–water partition coefficient (Wildman–Crippen LogP) is 5.14. The van der Waals surface area contributed by atoms with E-state index in [4.69, 9.17) is 9.15 Å². The van der Waals surface area contributed by atoms with Crippen molar-refractivity contribution in [3.63, 3.8) is 0 Å². The summed E-state index contributed by atoms with van der Waals surface area (Å²) in [6.07, 6.45) is 0.812. The number of carbonyl (C=O) groups excluding carboxylic acids is 2. The molecule has 0 aliphatic carbocycles. The minimum Gasteiger partial charge on any atom is -0.507 e. The van der Waals surface area contributed by atoms with Gasteiger partial charge in [-0.05, 0) is 55.8 Å². The van der Waals surface area contributed by atoms with Gasteiger partial charge in [-0.2, -0.15) is 0 Å². The lowest BCUT2D eigenvalue weighted by Crippen LogP contribution is -2.29. The maximum atomic E-state index is 13.9. The highest BCUT2D eigenvalue weighted by Crippen LogP contribution is 2.42. The average Bonchev–Trinajstić information content (AvgIpc) is 3.33. The number of hydrogen-bond acceptors (Lipinski definition) is 5. The lowest BCUT2D eigenvalue weighted by molar-refractivity contribution is -0.132. The van der Waals surface area contributed by atoms with Crippen molar-refractivity contribution in [1.29, 1.82) is 0 Å². The Balaban J connectivity index is 1.88. The summed E-state index contributed by atoms with van der Waals surface area (Å²) in [4.78, 5) is 27.2. The van der Waals surface area contributed by atoms with Crippen molar-refractivity contribution >= 4 is 23.1 Å². The number of Topliss-reactive ketones (excluding diaryl/α,β-unsaturated/α-hetero) is 1. The van der Waals surface area contributed by atoms with Crippen LogP contribution in [-0.4, -0.2) is 23.4 Å². The highest BCUT2D eigenvalue weighted by molar-refractivity contribution is 6.51. The number of halogens is 1. The normalized spacial score (nSPS) is 17.7. The van der Waals surface area contributed by atoms with Crippen molar-refractivity contribution in [3.8, 4) is 5.75 Å². The summed E-state index contributed by atoms with van der Waals surface area (Å²) in [7, 11) is 0. The van der Waals surface area contributed by atoms with Crippen molar-refractivity contribution in [2.24, 2.45) is 0 Å². The number of furan rings is 1. The third-order valence-electron chi connectivity index (χ3n) is 5.14. The van der Waals surface area contributed by atoms with Crippen LogP contribution in [0.1, 0.15) is 36.5 Å². The topological polar surface area (TPSA) is 80.0 Å². The lowest BCUT2D eigenvalue weighted by atomic mass is 9.99. The molecule has 1 aliphatic rings. The maximum Gasteiger partial charge on any atom is 0.300 e. The zero-order valence-electron chi connectivity index (χ0n) is 17.7. The number of aliphatic hydroxyl groups is 1. The fourth-order valence-corrected chi connectivity index (χ4v) is 3.70. The molecule has 164 valence electrons. The van der Waals surface area contributed by atoms with Crippen molar-refractivity contribution in [2.75, 3.05) is 11.5 Å². The number of ketones is 1. The Morgan fingerprint density at radius 3 is 2.59 bits per heavy atom. The number of ether oxygens (including phenoxy) is 1. The second-order valence-electron chi connectivity index (χ2n) is 7.47. The summed E-state index contributed by atoms with van der Waals surface area (Å²) in [5.74, 6) is -1.30. The van der Waals surface area contributed by atoms with Gasteiger partial charge in [0.2, 0.25) is 0 Å². The molecule has 0 bridgehead atoms. The van der Waals surface area contributed by atoms with Crippen molar-refractivity contribution in [3.05, 3.63) is 89.1 Å². The Morgan fingerprint density at radius 1 is 1.12 bits per heavy atom. The summed E-state index contributed by atoms with van der Waals surface area (Å²) >= 11 is 0. The Morgan fingerprint density at radius 2 is 1.91 bits per heavy atom. The first-order valence-electron chi connectivity index (χ1n) is 10.3. The molecule has 2 heterocycles. The van der Waals surface area contributed by atoms with Crippen molar-refractivity contribution in [2.45, 2.75) is 26.3 Å². The first-order valence-corrected chi connectivity index (χ1v) is 10.3. The van der Waals surface area contributed by atoms with Gasteiger partial charge in [-0.3, -0.25) is 14.5 Å². The molecule has 7 heteroatoms. The minimum absolute atomic E-state index is 0.138. The van der Waals surface area contributed by atoms with E-state index < -0.39 is 23.5 Å². The molecule has 6 nitrogen and oxygen atoms in total. The van der Waals surface area contributed by atoms with E-state index in [1.165, 1.54) is 18.2 Å². The number of hydrogen-bond donors (Lipinski definition) is 1. The van der Waals surface area contributed by atoms with Gasteiger partial charge in [0.05, 0.1) is 12.2 Å². The first-order chi connectivity index (χ1) is 15.4. The van der Waals surface area contributed by atoms with Crippen LogP contribution in [0.3, 0.4) is 0 Å². The minimum atomic E-state index is -1.05. The van der Waals surface area contributed by atoms with Gasteiger partial charge in [0.25, 0.3) is 11.7 Å². The van der Waals surface area contributed by atoms with E-state index >= 15 is 0 Å². The van der Waals surface area contributed by atoms with E-state index in [1.807, 2.05) is 6.92 Å². The van der Waals surface area contributed by atoms with Crippen LogP contribution in [0.15, 0.2) is 70.7 Å². The molecule has 1 N–H and O–H groups in total. The van der Waals surface area contributed by atoms with Gasteiger partial charge in [0, 0.05) is 11.3 Å². The fourth-order valence-electron chi connectivity index (χ4n) is 3.70. The Kier molecular flexibility index (Phi) is 5.81. The number of carbonyl (C=O) groups is 2. The SMILES string of the molecule is CCCOc1cccc(/C(O)=C2/C(=O)C(=O)N(c3cccc(F)c3)C2c2ccc(C)o2)c1. The largest absolute Gasteiger partial charge is 0.507 e. The molecular weight excluding hydrogens is 413 g/mol. The molecule has 1 atom stereocenters. The number of anilines is 1. The molecule has 0 radical (unpaired) electrons.